The maximum absolute atomic E-state index is 13.4. The van der Waals surface area contributed by atoms with Crippen LogP contribution in [0.5, 0.6) is 0 Å². The number of carboxylic acid groups (broad SMARTS) is 1. The van der Waals surface area contributed by atoms with Gasteiger partial charge >= 0.3 is 12.1 Å². The lowest BCUT2D eigenvalue weighted by atomic mass is 9.79. The molecule has 0 radical (unpaired) electrons. The Morgan fingerprint density at radius 3 is 2.57 bits per heavy atom. The van der Waals surface area contributed by atoms with Gasteiger partial charge in [-0.1, -0.05) is 6.92 Å². The van der Waals surface area contributed by atoms with E-state index in [1.807, 2.05) is 11.5 Å². The Morgan fingerprint density at radius 2 is 1.95 bits per heavy atom. The number of amides is 2. The number of likely N-dealkylation sites (tertiary alicyclic amines) is 1. The lowest BCUT2D eigenvalue weighted by molar-refractivity contribution is -0.683. The van der Waals surface area contributed by atoms with Crippen LogP contribution >= 0.6 is 11.8 Å². The van der Waals surface area contributed by atoms with Crippen molar-refractivity contribution in [2.24, 2.45) is 11.8 Å². The molecule has 3 aliphatic heterocycles. The molecule has 15 heteroatoms. The van der Waals surface area contributed by atoms with Crippen LogP contribution in [0.1, 0.15) is 32.8 Å². The van der Waals surface area contributed by atoms with E-state index in [1.165, 1.54) is 54.8 Å². The summed E-state index contributed by atoms with van der Waals surface area (Å²) in [5, 5.41) is 30.9. The first kappa shape index (κ1) is 31.2. The zero-order valence-electron chi connectivity index (χ0n) is 24.4. The van der Waals surface area contributed by atoms with Gasteiger partial charge in [-0.3, -0.25) is 19.7 Å². The predicted molar refractivity (Wildman–Crippen MR) is 155 cm³/mol. The third-order valence-corrected chi connectivity index (χ3v) is 9.79. The number of non-ortho nitro benzene ring substituents is 1. The Balaban J connectivity index is 1.34. The summed E-state index contributed by atoms with van der Waals surface area (Å²) in [6.07, 6.45) is 4.36. The van der Waals surface area contributed by atoms with Gasteiger partial charge in [0.2, 0.25) is 12.2 Å². The molecule has 2 aromatic rings. The van der Waals surface area contributed by atoms with Gasteiger partial charge in [-0.15, -0.1) is 11.8 Å². The summed E-state index contributed by atoms with van der Waals surface area (Å²) in [5.41, 5.74) is 0.440. The standard InChI is InChI=1S/C29H33N5O9S/c1-16(35)11-30-8-9-31(15-30)12-21-10-22(13-32(21)29(40)43-14-19-4-6-20(7-5-19)34(41)42)44-26-17(2)24-23(18(3)36)27(37)33(24)25(26)28(38)39/h4-9,15,17-18,21-24,36H,10-14H2,1-3H3/p+1/t17-,18-,21+,22+,23-,24-/m1/s1. The minimum Gasteiger partial charge on any atom is -0.477 e. The quantitative estimate of drug-likeness (QED) is 0.162. The number of hydrogen-bond donors (Lipinski definition) is 2. The number of aromatic nitrogens is 2. The molecule has 44 heavy (non-hydrogen) atoms. The summed E-state index contributed by atoms with van der Waals surface area (Å²) in [4.78, 5) is 63.9. The fourth-order valence-corrected chi connectivity index (χ4v) is 7.86. The molecule has 6 atom stereocenters. The van der Waals surface area contributed by atoms with Crippen molar-refractivity contribution in [1.29, 1.82) is 0 Å². The lowest BCUT2D eigenvalue weighted by Gasteiger charge is -2.46. The number of benzene rings is 1. The number of aliphatic hydroxyl groups excluding tert-OH is 1. The Hall–Kier alpha value is -4.24. The molecule has 0 saturated carbocycles. The number of imidazole rings is 1. The third kappa shape index (κ3) is 6.06. The molecule has 0 spiro atoms. The number of nitro groups is 1. The molecule has 14 nitrogen and oxygen atoms in total. The number of ketones is 1. The summed E-state index contributed by atoms with van der Waals surface area (Å²) in [6, 6.07) is 4.95. The number of β-lactam (4-membered cyclic amide) rings is 1. The highest BCUT2D eigenvalue weighted by atomic mass is 32.2. The molecule has 2 amide bonds. The van der Waals surface area contributed by atoms with Crippen molar-refractivity contribution in [3.8, 4) is 0 Å². The summed E-state index contributed by atoms with van der Waals surface area (Å²) >= 11 is 1.34. The van der Waals surface area contributed by atoms with E-state index in [4.69, 9.17) is 4.74 Å². The number of carbonyl (C=O) groups excluding carboxylic acids is 3. The first-order valence-electron chi connectivity index (χ1n) is 14.2. The number of ether oxygens (including phenoxy) is 1. The Kier molecular flexibility index (Phi) is 8.79. The van der Waals surface area contributed by atoms with Crippen LogP contribution in [0.4, 0.5) is 10.5 Å². The van der Waals surface area contributed by atoms with Crippen LogP contribution in [0, 0.1) is 22.0 Å². The van der Waals surface area contributed by atoms with Crippen molar-refractivity contribution in [1.82, 2.24) is 14.4 Å². The maximum atomic E-state index is 13.4. The smallest absolute Gasteiger partial charge is 0.410 e. The van der Waals surface area contributed by atoms with Gasteiger partial charge in [0.1, 0.15) is 37.8 Å². The molecule has 0 bridgehead atoms. The number of carbonyl (C=O) groups is 4. The number of thioether (sulfide) groups is 1. The molecule has 4 heterocycles. The Morgan fingerprint density at radius 1 is 1.25 bits per heavy atom. The van der Waals surface area contributed by atoms with E-state index in [0.29, 0.717) is 23.4 Å². The van der Waals surface area contributed by atoms with Crippen LogP contribution in [0.2, 0.25) is 0 Å². The van der Waals surface area contributed by atoms with Gasteiger partial charge in [0.15, 0.2) is 5.78 Å². The zero-order chi connectivity index (χ0) is 31.9. The second kappa shape index (κ2) is 12.4. The second-order valence-electron chi connectivity index (χ2n) is 11.5. The number of rotatable bonds is 11. The van der Waals surface area contributed by atoms with E-state index in [-0.39, 0.29) is 54.1 Å². The van der Waals surface area contributed by atoms with Crippen molar-refractivity contribution < 1.29 is 43.6 Å². The number of aliphatic hydroxyl groups is 1. The topological polar surface area (TPSA) is 176 Å². The number of carboxylic acids is 1. The molecule has 2 saturated heterocycles. The second-order valence-corrected chi connectivity index (χ2v) is 12.9. The maximum Gasteiger partial charge on any atom is 0.410 e. The average Bonchev–Trinajstić information content (AvgIpc) is 3.63. The first-order valence-corrected chi connectivity index (χ1v) is 15.1. The summed E-state index contributed by atoms with van der Waals surface area (Å²) in [5.74, 6) is -2.60. The van der Waals surface area contributed by atoms with Crippen molar-refractivity contribution in [3.05, 3.63) is 69.3 Å². The van der Waals surface area contributed by atoms with Crippen molar-refractivity contribution in [3.63, 3.8) is 0 Å². The van der Waals surface area contributed by atoms with Crippen LogP contribution < -0.4 is 4.57 Å². The van der Waals surface area contributed by atoms with E-state index in [2.05, 4.69) is 0 Å². The highest BCUT2D eigenvalue weighted by molar-refractivity contribution is 8.03. The van der Waals surface area contributed by atoms with Gasteiger partial charge < -0.3 is 24.7 Å². The molecular weight excluding hydrogens is 594 g/mol. The van der Waals surface area contributed by atoms with Crippen LogP contribution in [0.15, 0.2) is 53.6 Å². The number of aliphatic carboxylic acids is 1. The van der Waals surface area contributed by atoms with Crippen molar-refractivity contribution in [2.75, 3.05) is 6.54 Å². The zero-order valence-corrected chi connectivity index (χ0v) is 25.3. The third-order valence-electron chi connectivity index (χ3n) is 8.30. The molecule has 0 unspecified atom stereocenters. The largest absolute Gasteiger partial charge is 0.477 e. The number of hydrogen-bond acceptors (Lipinski definition) is 9. The fraction of sp³-hybridized carbons (Fsp3) is 0.483. The first-order chi connectivity index (χ1) is 20.8. The molecule has 5 rings (SSSR count). The van der Waals surface area contributed by atoms with E-state index in [1.54, 1.807) is 28.2 Å². The van der Waals surface area contributed by atoms with Crippen LogP contribution in [0.3, 0.4) is 0 Å². The van der Waals surface area contributed by atoms with Crippen molar-refractivity contribution >= 4 is 41.2 Å². The van der Waals surface area contributed by atoms with Gasteiger partial charge in [0.05, 0.1) is 29.0 Å². The molecule has 1 aromatic heterocycles. The number of Topliss-reactive ketones (excluding diaryl/α,β-unsaturated/α-hetero) is 1. The molecular formula is C29H34N5O9S+. The Bertz CT molecular complexity index is 1520. The van der Waals surface area contributed by atoms with E-state index >= 15 is 0 Å². The minimum absolute atomic E-state index is 0.00394. The van der Waals surface area contributed by atoms with Gasteiger partial charge in [-0.25, -0.2) is 18.7 Å². The number of fused-ring (bicyclic) bond motifs is 1. The van der Waals surface area contributed by atoms with Gasteiger partial charge in [0.25, 0.3) is 5.69 Å². The van der Waals surface area contributed by atoms with Crippen LogP contribution in [-0.2, 0) is 38.8 Å². The van der Waals surface area contributed by atoms with Gasteiger partial charge in [-0.2, -0.15) is 0 Å². The van der Waals surface area contributed by atoms with E-state index in [0.717, 1.165) is 0 Å². The Labute approximate surface area is 257 Å². The van der Waals surface area contributed by atoms with E-state index < -0.39 is 41.0 Å². The molecule has 2 N–H and O–H groups in total. The average molecular weight is 629 g/mol. The summed E-state index contributed by atoms with van der Waals surface area (Å²) < 4.78 is 9.21. The van der Waals surface area contributed by atoms with Crippen LogP contribution in [0.25, 0.3) is 0 Å². The molecule has 2 fully saturated rings. The summed E-state index contributed by atoms with van der Waals surface area (Å²) in [6.45, 7) is 5.65. The highest BCUT2D eigenvalue weighted by Crippen LogP contribution is 2.52. The van der Waals surface area contributed by atoms with Gasteiger partial charge in [0, 0.05) is 34.8 Å². The molecule has 1 aromatic carbocycles. The monoisotopic (exact) mass is 628 g/mol. The minimum atomic E-state index is -1.21. The normalized spacial score (nSPS) is 25.1. The van der Waals surface area contributed by atoms with E-state index in [9.17, 15) is 39.5 Å². The number of nitro benzene ring substituents is 1. The highest BCUT2D eigenvalue weighted by Gasteiger charge is 2.60. The lowest BCUT2D eigenvalue weighted by Crippen LogP contribution is -2.63. The molecule has 3 aliphatic rings. The van der Waals surface area contributed by atoms with Crippen molar-refractivity contribution in [2.45, 2.75) is 70.3 Å². The van der Waals surface area contributed by atoms with Crippen LogP contribution in [-0.4, -0.2) is 83.2 Å². The fourth-order valence-electron chi connectivity index (χ4n) is 6.30. The summed E-state index contributed by atoms with van der Waals surface area (Å²) in [7, 11) is 0. The number of nitrogens with zero attached hydrogens (tertiary/aromatic N) is 5. The predicted octanol–water partition coefficient (Wildman–Crippen LogP) is 1.94. The molecule has 234 valence electrons. The molecule has 0 aliphatic carbocycles. The SMILES string of the molecule is CC(=O)C[n+]1ccn(C[C@@H]2C[C@H](SC3=C(C(=O)O)N4C(=O)[C@H]([C@@H](C)O)[C@H]4[C@H]3C)CN2C(=O)OCc2ccc([N+](=O)[O-])cc2)c1. The van der Waals surface area contributed by atoms with Gasteiger partial charge in [-0.05, 0) is 38.0 Å².